The molecule has 192 valence electrons. The van der Waals surface area contributed by atoms with Crippen LogP contribution in [0.15, 0.2) is 35.2 Å². The third-order valence-electron chi connectivity index (χ3n) is 7.07. The maximum atomic E-state index is 13.2. The molecule has 1 amide bonds. The number of hydrogen-bond acceptors (Lipinski definition) is 6. The van der Waals surface area contributed by atoms with E-state index in [0.717, 1.165) is 43.3 Å². The highest BCUT2D eigenvalue weighted by atomic mass is 32.1. The summed E-state index contributed by atoms with van der Waals surface area (Å²) < 4.78 is 42.1. The number of rotatable bonds is 9. The Morgan fingerprint density at radius 1 is 1.31 bits per heavy atom. The monoisotopic (exact) mass is 519 g/mol. The molecule has 0 bridgehead atoms. The van der Waals surface area contributed by atoms with Gasteiger partial charge in [-0.15, -0.1) is 24.5 Å². The van der Waals surface area contributed by atoms with Crippen LogP contribution in [0.5, 0.6) is 5.75 Å². The van der Waals surface area contributed by atoms with E-state index < -0.39 is 6.36 Å². The first-order chi connectivity index (χ1) is 17.2. The molecule has 2 aromatic heterocycles. The number of benzene rings is 1. The predicted molar refractivity (Wildman–Crippen MR) is 128 cm³/mol. The average Bonchev–Trinajstić information content (AvgIpc) is 3.30. The average molecular weight is 520 g/mol. The highest BCUT2D eigenvalue weighted by molar-refractivity contribution is 7.07. The van der Waals surface area contributed by atoms with E-state index in [0.29, 0.717) is 35.6 Å². The van der Waals surface area contributed by atoms with Gasteiger partial charge in [-0.25, -0.2) is 9.97 Å². The zero-order valence-corrected chi connectivity index (χ0v) is 20.9. The Morgan fingerprint density at radius 3 is 2.72 bits per heavy atom. The Balaban J connectivity index is 1.24. The third kappa shape index (κ3) is 5.57. The molecule has 7 nitrogen and oxygen atoms in total. The summed E-state index contributed by atoms with van der Waals surface area (Å²) in [6.07, 6.45) is -3.89. The van der Waals surface area contributed by atoms with Gasteiger partial charge in [0.2, 0.25) is 0 Å². The van der Waals surface area contributed by atoms with Gasteiger partial charge in [0.25, 0.3) is 5.91 Å². The number of carbonyl (C=O) groups excluding carboxylic acids is 1. The molecule has 1 aliphatic heterocycles. The lowest BCUT2D eigenvalue weighted by molar-refractivity contribution is -0.274. The maximum Gasteiger partial charge on any atom is 0.573 e. The van der Waals surface area contributed by atoms with Crippen LogP contribution in [0.4, 0.5) is 13.2 Å². The molecular weight excluding hydrogens is 491 g/mol. The van der Waals surface area contributed by atoms with Crippen molar-refractivity contribution in [3.8, 4) is 5.75 Å². The van der Waals surface area contributed by atoms with E-state index in [1.54, 1.807) is 21.9 Å². The summed E-state index contributed by atoms with van der Waals surface area (Å²) >= 11 is 1.34. The summed E-state index contributed by atoms with van der Waals surface area (Å²) in [6, 6.07) is 5.80. The molecule has 5 rings (SSSR count). The van der Waals surface area contributed by atoms with Crippen molar-refractivity contribution < 1.29 is 22.7 Å². The Hall–Kier alpha value is -2.92. The molecular formula is C25H28F3N5O2S. The van der Waals surface area contributed by atoms with Crippen molar-refractivity contribution in [3.63, 3.8) is 0 Å². The number of likely N-dealkylation sites (tertiary alicyclic amines) is 1. The lowest BCUT2D eigenvalue weighted by atomic mass is 10.1. The zero-order chi connectivity index (χ0) is 25.4. The third-order valence-corrected chi connectivity index (χ3v) is 7.65. The minimum atomic E-state index is -4.77. The van der Waals surface area contributed by atoms with Crippen molar-refractivity contribution >= 4 is 17.2 Å². The van der Waals surface area contributed by atoms with Crippen LogP contribution in [0.25, 0.3) is 0 Å². The maximum absolute atomic E-state index is 13.2. The van der Waals surface area contributed by atoms with Gasteiger partial charge in [-0.1, -0.05) is 19.1 Å². The standard InChI is InChI=1S/C25H28F3N5O2S/c1-3-23-30-15(2)21(31-23)12-32-9-18-19(10-32)20(18)11-33(24(34)22-13-36-14-29-22)8-16-5-4-6-17(7-16)35-25(26,27)28/h4-7,13-14,18-20H,3,8-12H2,1-2H3,(H,30,31). The molecule has 0 radical (unpaired) electrons. The van der Waals surface area contributed by atoms with Crippen LogP contribution in [-0.4, -0.2) is 56.7 Å². The number of ether oxygens (including phenoxy) is 1. The minimum Gasteiger partial charge on any atom is -0.406 e. The van der Waals surface area contributed by atoms with E-state index >= 15 is 0 Å². The van der Waals surface area contributed by atoms with Crippen LogP contribution >= 0.6 is 11.3 Å². The van der Waals surface area contributed by atoms with Gasteiger partial charge < -0.3 is 14.6 Å². The number of carbonyl (C=O) groups is 1. The van der Waals surface area contributed by atoms with Gasteiger partial charge in [-0.05, 0) is 42.4 Å². The molecule has 2 unspecified atom stereocenters. The number of halogens is 3. The SMILES string of the molecule is CCc1nc(CN2CC3C(C2)C3CN(Cc2cccc(OC(F)(F)F)c2)C(=O)c2cscn2)c(C)[nH]1. The molecule has 36 heavy (non-hydrogen) atoms. The number of fused-ring (bicyclic) bond motifs is 1. The summed E-state index contributed by atoms with van der Waals surface area (Å²) in [4.78, 5) is 29.5. The van der Waals surface area contributed by atoms with Crippen molar-refractivity contribution in [1.82, 2.24) is 24.8 Å². The number of nitrogens with zero attached hydrogens (tertiary/aromatic N) is 4. The van der Waals surface area contributed by atoms with Gasteiger partial charge in [0.05, 0.1) is 11.2 Å². The van der Waals surface area contributed by atoms with E-state index in [-0.39, 0.29) is 18.2 Å². The molecule has 3 aromatic rings. The molecule has 1 aromatic carbocycles. The Labute approximate surface area is 211 Å². The number of imidazole rings is 1. The van der Waals surface area contributed by atoms with Gasteiger partial charge >= 0.3 is 6.36 Å². The fourth-order valence-corrected chi connectivity index (χ4v) is 5.77. The highest BCUT2D eigenvalue weighted by Gasteiger charge is 2.56. The largest absolute Gasteiger partial charge is 0.573 e. The van der Waals surface area contributed by atoms with Gasteiger partial charge in [-0.2, -0.15) is 0 Å². The number of aromatic nitrogens is 3. The van der Waals surface area contributed by atoms with Crippen molar-refractivity contribution in [2.24, 2.45) is 17.8 Å². The molecule has 0 spiro atoms. The summed E-state index contributed by atoms with van der Waals surface area (Å²) in [5, 5.41) is 1.70. The van der Waals surface area contributed by atoms with Crippen LogP contribution < -0.4 is 4.74 Å². The van der Waals surface area contributed by atoms with Gasteiger partial charge in [0.15, 0.2) is 0 Å². The molecule has 3 heterocycles. The number of piperidine rings is 1. The normalized spacial score (nSPS) is 21.4. The summed E-state index contributed by atoms with van der Waals surface area (Å²) in [5.41, 5.74) is 4.74. The van der Waals surface area contributed by atoms with Gasteiger partial charge in [0.1, 0.15) is 17.3 Å². The molecule has 2 aliphatic rings. The van der Waals surface area contributed by atoms with E-state index in [1.165, 1.54) is 29.5 Å². The number of nitrogens with one attached hydrogen (secondary N) is 1. The van der Waals surface area contributed by atoms with Crippen molar-refractivity contribution in [3.05, 3.63) is 63.6 Å². The van der Waals surface area contributed by atoms with E-state index in [1.807, 2.05) is 0 Å². The van der Waals surface area contributed by atoms with Gasteiger partial charge in [0, 0.05) is 50.2 Å². The number of alkyl halides is 3. The number of hydrogen-bond donors (Lipinski definition) is 1. The molecule has 1 aliphatic carbocycles. The Kier molecular flexibility index (Phi) is 6.78. The van der Waals surface area contributed by atoms with Gasteiger partial charge in [-0.3, -0.25) is 9.69 Å². The number of amides is 1. The number of thiazole rings is 1. The first kappa shape index (κ1) is 24.8. The van der Waals surface area contributed by atoms with E-state index in [9.17, 15) is 18.0 Å². The van der Waals surface area contributed by atoms with Crippen LogP contribution in [0.2, 0.25) is 0 Å². The summed E-state index contributed by atoms with van der Waals surface area (Å²) in [5.74, 6) is 1.87. The number of aryl methyl sites for hydroxylation is 2. The summed E-state index contributed by atoms with van der Waals surface area (Å²) in [7, 11) is 0. The predicted octanol–water partition coefficient (Wildman–Crippen LogP) is 4.66. The molecule has 1 saturated carbocycles. The quantitative estimate of drug-likeness (QED) is 0.445. The molecule has 1 N–H and O–H groups in total. The topological polar surface area (TPSA) is 74.3 Å². The minimum absolute atomic E-state index is 0.192. The second-order valence-electron chi connectivity index (χ2n) is 9.55. The van der Waals surface area contributed by atoms with Crippen molar-refractivity contribution in [1.29, 1.82) is 0 Å². The highest BCUT2D eigenvalue weighted by Crippen LogP contribution is 2.52. The van der Waals surface area contributed by atoms with Crippen molar-refractivity contribution in [2.45, 2.75) is 39.7 Å². The summed E-state index contributed by atoms with van der Waals surface area (Å²) in [6.45, 7) is 7.60. The fourth-order valence-electron chi connectivity index (χ4n) is 5.25. The molecule has 11 heteroatoms. The second kappa shape index (κ2) is 9.85. The fraction of sp³-hybridized carbons (Fsp3) is 0.480. The number of aromatic amines is 1. The molecule has 2 atom stereocenters. The number of H-pyrrole nitrogens is 1. The zero-order valence-electron chi connectivity index (χ0n) is 20.1. The van der Waals surface area contributed by atoms with Crippen LogP contribution in [0.3, 0.4) is 0 Å². The lowest BCUT2D eigenvalue weighted by Crippen LogP contribution is -2.35. The van der Waals surface area contributed by atoms with E-state index in [2.05, 4.69) is 33.5 Å². The second-order valence-corrected chi connectivity index (χ2v) is 10.3. The molecule has 1 saturated heterocycles. The molecule has 2 fully saturated rings. The van der Waals surface area contributed by atoms with Crippen LogP contribution in [0, 0.1) is 24.7 Å². The first-order valence-corrected chi connectivity index (χ1v) is 12.9. The first-order valence-electron chi connectivity index (χ1n) is 12.0. The van der Waals surface area contributed by atoms with Crippen LogP contribution in [0.1, 0.15) is 40.2 Å². The van der Waals surface area contributed by atoms with Crippen molar-refractivity contribution in [2.75, 3.05) is 19.6 Å². The Morgan fingerprint density at radius 2 is 2.08 bits per heavy atom. The lowest BCUT2D eigenvalue weighted by Gasteiger charge is -2.25. The Bertz CT molecular complexity index is 1200. The van der Waals surface area contributed by atoms with E-state index in [4.69, 9.17) is 4.98 Å². The smallest absolute Gasteiger partial charge is 0.406 e. The van der Waals surface area contributed by atoms with Crippen LogP contribution in [-0.2, 0) is 19.5 Å².